The van der Waals surface area contributed by atoms with E-state index in [2.05, 4.69) is 31.3 Å². The molecule has 6 heteroatoms. The molecule has 6 nitrogen and oxygen atoms in total. The van der Waals surface area contributed by atoms with Gasteiger partial charge < -0.3 is 10.1 Å². The SMILES string of the molecule is CNc1nc(Cc2ccc3ccccc3n2)nc(OC)n1. The third-order valence-electron chi connectivity index (χ3n) is 3.06. The quantitative estimate of drug-likeness (QED) is 0.789. The minimum absolute atomic E-state index is 0.296. The van der Waals surface area contributed by atoms with Crippen molar-refractivity contribution in [3.63, 3.8) is 0 Å². The van der Waals surface area contributed by atoms with E-state index in [4.69, 9.17) is 4.74 Å². The summed E-state index contributed by atoms with van der Waals surface area (Å²) in [5.41, 5.74) is 1.87. The van der Waals surface area contributed by atoms with E-state index in [1.807, 2.05) is 30.3 Å². The fourth-order valence-corrected chi connectivity index (χ4v) is 2.05. The van der Waals surface area contributed by atoms with Crippen LogP contribution in [0.15, 0.2) is 36.4 Å². The van der Waals surface area contributed by atoms with Crippen LogP contribution in [0.1, 0.15) is 11.5 Å². The lowest BCUT2D eigenvalue weighted by Crippen LogP contribution is -2.06. The lowest BCUT2D eigenvalue weighted by atomic mass is 10.2. The van der Waals surface area contributed by atoms with Gasteiger partial charge >= 0.3 is 6.01 Å². The molecular formula is C15H15N5O. The molecule has 0 atom stereocenters. The summed E-state index contributed by atoms with van der Waals surface area (Å²) in [4.78, 5) is 17.3. The number of para-hydroxylation sites is 1. The van der Waals surface area contributed by atoms with E-state index in [0.29, 0.717) is 24.2 Å². The van der Waals surface area contributed by atoms with Crippen LogP contribution in [0.5, 0.6) is 6.01 Å². The third-order valence-corrected chi connectivity index (χ3v) is 3.06. The smallest absolute Gasteiger partial charge is 0.321 e. The van der Waals surface area contributed by atoms with Crippen molar-refractivity contribution in [3.8, 4) is 6.01 Å². The van der Waals surface area contributed by atoms with Gasteiger partial charge in [0.15, 0.2) is 0 Å². The van der Waals surface area contributed by atoms with Crippen molar-refractivity contribution in [2.45, 2.75) is 6.42 Å². The maximum atomic E-state index is 5.08. The molecule has 0 aliphatic heterocycles. The Morgan fingerprint density at radius 3 is 2.67 bits per heavy atom. The minimum atomic E-state index is 0.296. The Labute approximate surface area is 122 Å². The Morgan fingerprint density at radius 1 is 1.00 bits per heavy atom. The van der Waals surface area contributed by atoms with E-state index in [-0.39, 0.29) is 0 Å². The van der Waals surface area contributed by atoms with E-state index in [1.165, 1.54) is 7.11 Å². The Hall–Kier alpha value is -2.76. The standard InChI is InChI=1S/C15H15N5O/c1-16-14-18-13(19-15(20-14)21-2)9-11-8-7-10-5-3-4-6-12(10)17-11/h3-8H,9H2,1-2H3,(H,16,18,19,20). The van der Waals surface area contributed by atoms with Gasteiger partial charge in [0, 0.05) is 18.1 Å². The summed E-state index contributed by atoms with van der Waals surface area (Å²) >= 11 is 0. The molecular weight excluding hydrogens is 266 g/mol. The predicted molar refractivity (Wildman–Crippen MR) is 80.5 cm³/mol. The van der Waals surface area contributed by atoms with Crippen LogP contribution in [0.25, 0.3) is 10.9 Å². The molecule has 0 amide bonds. The van der Waals surface area contributed by atoms with Crippen molar-refractivity contribution < 1.29 is 4.74 Å². The first-order chi connectivity index (χ1) is 10.3. The molecule has 3 rings (SSSR count). The van der Waals surface area contributed by atoms with Crippen LogP contribution in [-0.4, -0.2) is 34.1 Å². The van der Waals surface area contributed by atoms with Crippen molar-refractivity contribution >= 4 is 16.9 Å². The number of aromatic nitrogens is 4. The normalized spacial score (nSPS) is 10.6. The van der Waals surface area contributed by atoms with Crippen molar-refractivity contribution in [1.29, 1.82) is 0 Å². The molecule has 3 aromatic rings. The number of anilines is 1. The molecule has 0 spiro atoms. The van der Waals surface area contributed by atoms with Gasteiger partial charge in [0.25, 0.3) is 0 Å². The molecule has 2 aromatic heterocycles. The first-order valence-corrected chi connectivity index (χ1v) is 6.60. The molecule has 0 aliphatic carbocycles. The fraction of sp³-hybridized carbons (Fsp3) is 0.200. The van der Waals surface area contributed by atoms with E-state index in [9.17, 15) is 0 Å². The summed E-state index contributed by atoms with van der Waals surface area (Å²) in [7, 11) is 3.29. The molecule has 106 valence electrons. The van der Waals surface area contributed by atoms with Gasteiger partial charge in [-0.05, 0) is 12.1 Å². The second kappa shape index (κ2) is 5.70. The molecule has 0 saturated heterocycles. The topological polar surface area (TPSA) is 72.8 Å². The first kappa shape index (κ1) is 13.2. The number of hydrogen-bond donors (Lipinski definition) is 1. The third kappa shape index (κ3) is 2.89. The van der Waals surface area contributed by atoms with Gasteiger partial charge in [-0.3, -0.25) is 4.98 Å². The highest BCUT2D eigenvalue weighted by atomic mass is 16.5. The monoisotopic (exact) mass is 281 g/mol. The maximum absolute atomic E-state index is 5.08. The van der Waals surface area contributed by atoms with Crippen LogP contribution >= 0.6 is 0 Å². The summed E-state index contributed by atoms with van der Waals surface area (Å²) in [5.74, 6) is 1.10. The van der Waals surface area contributed by atoms with Crippen LogP contribution in [-0.2, 0) is 6.42 Å². The lowest BCUT2D eigenvalue weighted by Gasteiger charge is -2.06. The average Bonchev–Trinajstić information content (AvgIpc) is 2.54. The number of methoxy groups -OCH3 is 1. The summed E-state index contributed by atoms with van der Waals surface area (Å²) in [6, 6.07) is 12.3. The van der Waals surface area contributed by atoms with Crippen LogP contribution < -0.4 is 10.1 Å². The largest absolute Gasteiger partial charge is 0.467 e. The van der Waals surface area contributed by atoms with E-state index >= 15 is 0 Å². The Kier molecular flexibility index (Phi) is 3.59. The summed E-state index contributed by atoms with van der Waals surface area (Å²) in [6.45, 7) is 0. The van der Waals surface area contributed by atoms with Crippen LogP contribution in [0.3, 0.4) is 0 Å². The molecule has 0 bridgehead atoms. The number of rotatable bonds is 4. The van der Waals surface area contributed by atoms with Crippen LogP contribution in [0.4, 0.5) is 5.95 Å². The van der Waals surface area contributed by atoms with E-state index < -0.39 is 0 Å². The highest BCUT2D eigenvalue weighted by Gasteiger charge is 2.08. The number of nitrogens with one attached hydrogen (secondary N) is 1. The number of nitrogens with zero attached hydrogens (tertiary/aromatic N) is 4. The molecule has 0 fully saturated rings. The average molecular weight is 281 g/mol. The van der Waals surface area contributed by atoms with E-state index in [0.717, 1.165) is 16.6 Å². The van der Waals surface area contributed by atoms with Gasteiger partial charge in [-0.25, -0.2) is 0 Å². The molecule has 0 radical (unpaired) electrons. The summed E-state index contributed by atoms with van der Waals surface area (Å²) in [6.07, 6.45) is 0.526. The van der Waals surface area contributed by atoms with Gasteiger partial charge in [-0.15, -0.1) is 0 Å². The molecule has 1 aromatic carbocycles. The Balaban J connectivity index is 1.94. The van der Waals surface area contributed by atoms with Crippen molar-refractivity contribution in [3.05, 3.63) is 47.9 Å². The first-order valence-electron chi connectivity index (χ1n) is 6.60. The predicted octanol–water partition coefficient (Wildman–Crippen LogP) is 2.06. The number of benzene rings is 1. The fourth-order valence-electron chi connectivity index (χ4n) is 2.05. The zero-order chi connectivity index (χ0) is 14.7. The van der Waals surface area contributed by atoms with Crippen LogP contribution in [0, 0.1) is 0 Å². The summed E-state index contributed by atoms with van der Waals surface area (Å²) < 4.78 is 5.08. The zero-order valence-corrected chi connectivity index (χ0v) is 11.9. The van der Waals surface area contributed by atoms with Gasteiger partial charge in [0.2, 0.25) is 5.95 Å². The molecule has 21 heavy (non-hydrogen) atoms. The molecule has 2 heterocycles. The second-order valence-corrected chi connectivity index (χ2v) is 4.48. The summed E-state index contributed by atoms with van der Waals surface area (Å²) in [5, 5.41) is 4.01. The Morgan fingerprint density at radius 2 is 1.86 bits per heavy atom. The van der Waals surface area contributed by atoms with Crippen LogP contribution in [0.2, 0.25) is 0 Å². The molecule has 0 unspecified atom stereocenters. The van der Waals surface area contributed by atoms with Gasteiger partial charge in [-0.2, -0.15) is 15.0 Å². The number of pyridine rings is 1. The van der Waals surface area contributed by atoms with Crippen molar-refractivity contribution in [1.82, 2.24) is 19.9 Å². The number of ether oxygens (including phenoxy) is 1. The second-order valence-electron chi connectivity index (χ2n) is 4.48. The van der Waals surface area contributed by atoms with Gasteiger partial charge in [0.1, 0.15) is 5.82 Å². The van der Waals surface area contributed by atoms with E-state index in [1.54, 1.807) is 7.05 Å². The number of fused-ring (bicyclic) bond motifs is 1. The minimum Gasteiger partial charge on any atom is -0.467 e. The molecule has 0 saturated carbocycles. The maximum Gasteiger partial charge on any atom is 0.321 e. The molecule has 1 N–H and O–H groups in total. The highest BCUT2D eigenvalue weighted by Crippen LogP contribution is 2.14. The van der Waals surface area contributed by atoms with Crippen molar-refractivity contribution in [2.24, 2.45) is 0 Å². The van der Waals surface area contributed by atoms with Gasteiger partial charge in [-0.1, -0.05) is 24.3 Å². The lowest BCUT2D eigenvalue weighted by molar-refractivity contribution is 0.377. The Bertz CT molecular complexity index is 753. The van der Waals surface area contributed by atoms with Crippen molar-refractivity contribution in [2.75, 3.05) is 19.5 Å². The molecule has 0 aliphatic rings. The zero-order valence-electron chi connectivity index (χ0n) is 11.9. The number of hydrogen-bond acceptors (Lipinski definition) is 6. The highest BCUT2D eigenvalue weighted by molar-refractivity contribution is 5.78. The van der Waals surface area contributed by atoms with Gasteiger partial charge in [0.05, 0.1) is 19.0 Å².